The van der Waals surface area contributed by atoms with Gasteiger partial charge >= 0.3 is 0 Å². The van der Waals surface area contributed by atoms with E-state index < -0.39 is 0 Å². The number of anilines is 1. The van der Waals surface area contributed by atoms with Gasteiger partial charge in [0.1, 0.15) is 5.01 Å². The van der Waals surface area contributed by atoms with Crippen LogP contribution in [0.2, 0.25) is 0 Å². The number of nitrogens with one attached hydrogen (secondary N) is 1. The number of hydrogen-bond acceptors (Lipinski definition) is 5. The van der Waals surface area contributed by atoms with E-state index in [4.69, 9.17) is 0 Å². The van der Waals surface area contributed by atoms with Gasteiger partial charge in [-0.15, -0.1) is 10.2 Å². The summed E-state index contributed by atoms with van der Waals surface area (Å²) in [4.78, 5) is 26.3. The molecule has 1 aliphatic heterocycles. The SMILES string of the molecule is CCCCN1C[C@H](C(=O)Nc2nnc(C[C@@H](C)c3ccccc3)s2)CC1=O. The third-order valence-corrected chi connectivity index (χ3v) is 5.77. The van der Waals surface area contributed by atoms with Crippen LogP contribution in [0.1, 0.15) is 49.6 Å². The minimum Gasteiger partial charge on any atom is -0.342 e. The maximum absolute atomic E-state index is 12.5. The summed E-state index contributed by atoms with van der Waals surface area (Å²) in [5.41, 5.74) is 1.26. The molecule has 0 aliphatic carbocycles. The predicted molar refractivity (Wildman–Crippen MR) is 107 cm³/mol. The average Bonchev–Trinajstić information content (AvgIpc) is 3.27. The molecule has 2 heterocycles. The molecule has 0 saturated carbocycles. The Labute approximate surface area is 164 Å². The number of benzene rings is 1. The molecule has 0 radical (unpaired) electrons. The van der Waals surface area contributed by atoms with E-state index in [1.807, 2.05) is 18.2 Å². The molecule has 2 amide bonds. The first kappa shape index (κ1) is 19.5. The number of rotatable bonds is 8. The number of aromatic nitrogens is 2. The summed E-state index contributed by atoms with van der Waals surface area (Å²) in [5, 5.41) is 12.6. The Hall–Kier alpha value is -2.28. The molecule has 0 spiro atoms. The summed E-state index contributed by atoms with van der Waals surface area (Å²) in [6.07, 6.45) is 3.07. The van der Waals surface area contributed by atoms with E-state index in [1.165, 1.54) is 16.9 Å². The van der Waals surface area contributed by atoms with Crippen molar-refractivity contribution >= 4 is 28.3 Å². The van der Waals surface area contributed by atoms with Gasteiger partial charge in [0.25, 0.3) is 0 Å². The third kappa shape index (κ3) is 5.13. The summed E-state index contributed by atoms with van der Waals surface area (Å²) in [6.45, 7) is 5.49. The molecule has 2 atom stereocenters. The Kier molecular flexibility index (Phi) is 6.55. The van der Waals surface area contributed by atoms with Gasteiger partial charge in [0.05, 0.1) is 5.92 Å². The number of nitrogens with zero attached hydrogens (tertiary/aromatic N) is 3. The summed E-state index contributed by atoms with van der Waals surface area (Å²) >= 11 is 1.41. The van der Waals surface area contributed by atoms with Crippen molar-refractivity contribution in [3.05, 3.63) is 40.9 Å². The van der Waals surface area contributed by atoms with E-state index in [1.54, 1.807) is 4.90 Å². The average molecular weight is 387 g/mol. The lowest BCUT2D eigenvalue weighted by Gasteiger charge is -2.15. The van der Waals surface area contributed by atoms with Crippen molar-refractivity contribution in [1.29, 1.82) is 0 Å². The number of amides is 2. The first-order valence-corrected chi connectivity index (χ1v) is 10.3. The van der Waals surface area contributed by atoms with Gasteiger partial charge in [0.15, 0.2) is 0 Å². The second-order valence-corrected chi connectivity index (χ2v) is 8.16. The molecule has 1 fully saturated rings. The maximum Gasteiger partial charge on any atom is 0.231 e. The zero-order valence-electron chi connectivity index (χ0n) is 15.9. The van der Waals surface area contributed by atoms with Crippen LogP contribution in [0.15, 0.2) is 30.3 Å². The molecule has 1 aliphatic rings. The van der Waals surface area contributed by atoms with Gasteiger partial charge in [-0.05, 0) is 17.9 Å². The fourth-order valence-electron chi connectivity index (χ4n) is 3.27. The second-order valence-electron chi connectivity index (χ2n) is 7.10. The van der Waals surface area contributed by atoms with Gasteiger partial charge in [-0.2, -0.15) is 0 Å². The minimum atomic E-state index is -0.301. The van der Waals surface area contributed by atoms with Crippen LogP contribution >= 0.6 is 11.3 Å². The van der Waals surface area contributed by atoms with Crippen LogP contribution in [0.3, 0.4) is 0 Å². The van der Waals surface area contributed by atoms with Gasteiger partial charge in [0, 0.05) is 25.9 Å². The molecule has 0 unspecified atom stereocenters. The summed E-state index contributed by atoms with van der Waals surface area (Å²) < 4.78 is 0. The van der Waals surface area contributed by atoms with Gasteiger partial charge in [-0.1, -0.05) is 61.9 Å². The summed E-state index contributed by atoms with van der Waals surface area (Å²) in [6, 6.07) is 10.3. The van der Waals surface area contributed by atoms with Crippen LogP contribution < -0.4 is 5.32 Å². The molecule has 1 saturated heterocycles. The molecule has 1 N–H and O–H groups in total. The number of hydrogen-bond donors (Lipinski definition) is 1. The maximum atomic E-state index is 12.5. The van der Waals surface area contributed by atoms with Crippen LogP contribution in [-0.4, -0.2) is 40.0 Å². The molecule has 6 nitrogen and oxygen atoms in total. The Bertz CT molecular complexity index is 777. The van der Waals surface area contributed by atoms with Crippen LogP contribution in [0.5, 0.6) is 0 Å². The second kappa shape index (κ2) is 9.08. The van der Waals surface area contributed by atoms with Crippen LogP contribution in [0, 0.1) is 5.92 Å². The largest absolute Gasteiger partial charge is 0.342 e. The van der Waals surface area contributed by atoms with Gasteiger partial charge in [-0.25, -0.2) is 0 Å². The molecule has 1 aromatic carbocycles. The predicted octanol–water partition coefficient (Wildman–Crippen LogP) is 3.47. The van der Waals surface area contributed by atoms with Crippen molar-refractivity contribution in [2.75, 3.05) is 18.4 Å². The van der Waals surface area contributed by atoms with E-state index in [-0.39, 0.29) is 24.2 Å². The normalized spacial score (nSPS) is 17.9. The highest BCUT2D eigenvalue weighted by atomic mass is 32.1. The number of carbonyl (C=O) groups excluding carboxylic acids is 2. The standard InChI is InChI=1S/C20H26N4O2S/c1-3-4-10-24-13-16(12-18(24)25)19(26)21-20-23-22-17(27-20)11-14(2)15-8-6-5-7-9-15/h5-9,14,16H,3-4,10-13H2,1-2H3,(H,21,23,26)/t14-,16-/m1/s1. The quantitative estimate of drug-likeness (QED) is 0.754. The summed E-state index contributed by atoms with van der Waals surface area (Å²) in [5.74, 6) is -0.0355. The first-order chi connectivity index (χ1) is 13.1. The van der Waals surface area contributed by atoms with Crippen LogP contribution in [0.4, 0.5) is 5.13 Å². The van der Waals surface area contributed by atoms with E-state index in [2.05, 4.69) is 41.5 Å². The Morgan fingerprint density at radius 1 is 1.33 bits per heavy atom. The highest BCUT2D eigenvalue weighted by molar-refractivity contribution is 7.15. The lowest BCUT2D eigenvalue weighted by atomic mass is 9.98. The Morgan fingerprint density at radius 2 is 2.11 bits per heavy atom. The highest BCUT2D eigenvalue weighted by Gasteiger charge is 2.34. The molecule has 144 valence electrons. The fraction of sp³-hybridized carbons (Fsp3) is 0.500. The Morgan fingerprint density at radius 3 is 2.85 bits per heavy atom. The zero-order chi connectivity index (χ0) is 19.2. The fourth-order valence-corrected chi connectivity index (χ4v) is 4.14. The van der Waals surface area contributed by atoms with Crippen LogP contribution in [-0.2, 0) is 16.0 Å². The topological polar surface area (TPSA) is 75.2 Å². The number of carbonyl (C=O) groups is 2. The third-order valence-electron chi connectivity index (χ3n) is 4.91. The smallest absolute Gasteiger partial charge is 0.231 e. The molecule has 0 bridgehead atoms. The minimum absolute atomic E-state index is 0.0678. The number of likely N-dealkylation sites (tertiary alicyclic amines) is 1. The van der Waals surface area contributed by atoms with Crippen molar-refractivity contribution in [2.24, 2.45) is 5.92 Å². The molecular formula is C20H26N4O2S. The van der Waals surface area contributed by atoms with Gasteiger partial charge < -0.3 is 10.2 Å². The van der Waals surface area contributed by atoms with Crippen LogP contribution in [0.25, 0.3) is 0 Å². The molecule has 7 heteroatoms. The van der Waals surface area contributed by atoms with Crippen molar-refractivity contribution < 1.29 is 9.59 Å². The first-order valence-electron chi connectivity index (χ1n) is 9.52. The van der Waals surface area contributed by atoms with Crippen molar-refractivity contribution in [3.63, 3.8) is 0 Å². The molecule has 3 rings (SSSR count). The summed E-state index contributed by atoms with van der Waals surface area (Å²) in [7, 11) is 0. The zero-order valence-corrected chi connectivity index (χ0v) is 16.7. The van der Waals surface area contributed by atoms with E-state index in [9.17, 15) is 9.59 Å². The number of unbranched alkanes of at least 4 members (excludes halogenated alkanes) is 1. The van der Waals surface area contributed by atoms with Crippen molar-refractivity contribution in [3.8, 4) is 0 Å². The van der Waals surface area contributed by atoms with E-state index in [0.717, 1.165) is 30.8 Å². The Balaban J connectivity index is 1.53. The lowest BCUT2D eigenvalue weighted by molar-refractivity contribution is -0.128. The molecule has 27 heavy (non-hydrogen) atoms. The molecule has 2 aromatic rings. The van der Waals surface area contributed by atoms with Crippen molar-refractivity contribution in [1.82, 2.24) is 15.1 Å². The lowest BCUT2D eigenvalue weighted by Crippen LogP contribution is -2.29. The monoisotopic (exact) mass is 386 g/mol. The molecule has 1 aromatic heterocycles. The molecular weight excluding hydrogens is 360 g/mol. The van der Waals surface area contributed by atoms with Gasteiger partial charge in [-0.3, -0.25) is 9.59 Å². The van der Waals surface area contributed by atoms with E-state index in [0.29, 0.717) is 17.6 Å². The van der Waals surface area contributed by atoms with Crippen molar-refractivity contribution in [2.45, 2.75) is 45.4 Å². The highest BCUT2D eigenvalue weighted by Crippen LogP contribution is 2.25. The van der Waals surface area contributed by atoms with E-state index >= 15 is 0 Å². The van der Waals surface area contributed by atoms with Gasteiger partial charge in [0.2, 0.25) is 16.9 Å².